The van der Waals surface area contributed by atoms with Crippen LogP contribution in [0.4, 0.5) is 0 Å². The summed E-state index contributed by atoms with van der Waals surface area (Å²) in [6.07, 6.45) is 1.44. The van der Waals surface area contributed by atoms with E-state index in [0.717, 1.165) is 5.56 Å². The minimum atomic E-state index is 0.208. The zero-order valence-corrected chi connectivity index (χ0v) is 12.9. The molecule has 1 aromatic heterocycles. The van der Waals surface area contributed by atoms with E-state index in [-0.39, 0.29) is 6.04 Å². The van der Waals surface area contributed by atoms with Crippen LogP contribution in [0, 0.1) is 6.92 Å². The topological polar surface area (TPSA) is 56.3 Å². The molecule has 0 radical (unpaired) electrons. The molecule has 0 spiro atoms. The second-order valence-electron chi connectivity index (χ2n) is 4.89. The van der Waals surface area contributed by atoms with Crippen molar-refractivity contribution in [1.29, 1.82) is 0 Å². The van der Waals surface area contributed by atoms with Gasteiger partial charge in [0.1, 0.15) is 6.33 Å². The molecular weight excluding hydrogens is 266 g/mol. The number of methoxy groups -OCH3 is 2. The molecule has 1 heterocycles. The summed E-state index contributed by atoms with van der Waals surface area (Å²) < 4.78 is 10.5. The third-order valence-electron chi connectivity index (χ3n) is 3.38. The molecule has 0 amide bonds. The zero-order valence-electron chi connectivity index (χ0n) is 12.9. The number of hydrogen-bond acceptors (Lipinski definition) is 5. The minimum absolute atomic E-state index is 0.208. The van der Waals surface area contributed by atoms with E-state index >= 15 is 0 Å². The number of nitrogens with zero attached hydrogens (tertiary/aromatic N) is 2. The molecule has 0 saturated carbocycles. The summed E-state index contributed by atoms with van der Waals surface area (Å²) in [4.78, 5) is 8.23. The number of aryl methyl sites for hydroxylation is 1. The molecular formula is C16H21N3O2. The predicted octanol–water partition coefficient (Wildman–Crippen LogP) is 2.65. The van der Waals surface area contributed by atoms with Gasteiger partial charge in [-0.3, -0.25) is 0 Å². The lowest BCUT2D eigenvalue weighted by Gasteiger charge is -2.17. The van der Waals surface area contributed by atoms with Crippen LogP contribution in [0.2, 0.25) is 0 Å². The summed E-state index contributed by atoms with van der Waals surface area (Å²) >= 11 is 0. The smallest absolute Gasteiger partial charge is 0.224 e. The number of aromatic nitrogens is 2. The van der Waals surface area contributed by atoms with Gasteiger partial charge in [0.25, 0.3) is 0 Å². The average Bonchev–Trinajstić information content (AvgIpc) is 2.52. The average molecular weight is 287 g/mol. The van der Waals surface area contributed by atoms with Crippen LogP contribution >= 0.6 is 0 Å². The Morgan fingerprint density at radius 3 is 2.38 bits per heavy atom. The number of benzene rings is 1. The predicted molar refractivity (Wildman–Crippen MR) is 81.6 cm³/mol. The second kappa shape index (κ2) is 7.04. The Morgan fingerprint density at radius 1 is 1.14 bits per heavy atom. The lowest BCUT2D eigenvalue weighted by molar-refractivity contribution is 0.357. The van der Waals surface area contributed by atoms with Crippen molar-refractivity contribution in [2.75, 3.05) is 14.2 Å². The molecule has 0 aliphatic heterocycles. The monoisotopic (exact) mass is 287 g/mol. The molecule has 0 aliphatic carbocycles. The summed E-state index contributed by atoms with van der Waals surface area (Å²) in [6.45, 7) is 4.78. The maximum atomic E-state index is 5.27. The largest absolute Gasteiger partial charge is 0.481 e. The van der Waals surface area contributed by atoms with Crippen LogP contribution in [0.15, 0.2) is 30.6 Å². The molecule has 1 aromatic carbocycles. The van der Waals surface area contributed by atoms with Gasteiger partial charge in [0.15, 0.2) is 0 Å². The number of hydrogen-bond donors (Lipinski definition) is 1. The second-order valence-corrected chi connectivity index (χ2v) is 4.89. The van der Waals surface area contributed by atoms with Crippen LogP contribution in [0.5, 0.6) is 11.8 Å². The molecule has 1 atom stereocenters. The van der Waals surface area contributed by atoms with Crippen LogP contribution in [0.3, 0.4) is 0 Å². The maximum Gasteiger partial charge on any atom is 0.224 e. The summed E-state index contributed by atoms with van der Waals surface area (Å²) in [5.74, 6) is 1.07. The van der Waals surface area contributed by atoms with Crippen LogP contribution < -0.4 is 14.8 Å². The van der Waals surface area contributed by atoms with Gasteiger partial charge in [-0.2, -0.15) is 0 Å². The third kappa shape index (κ3) is 3.70. The Balaban J connectivity index is 2.12. The quantitative estimate of drug-likeness (QED) is 0.885. The van der Waals surface area contributed by atoms with E-state index in [2.05, 4.69) is 53.4 Å². The van der Waals surface area contributed by atoms with Crippen molar-refractivity contribution in [3.05, 3.63) is 47.3 Å². The molecule has 112 valence electrons. The van der Waals surface area contributed by atoms with Crippen LogP contribution in [0.1, 0.15) is 29.7 Å². The third-order valence-corrected chi connectivity index (χ3v) is 3.38. The molecule has 2 aromatic rings. The van der Waals surface area contributed by atoms with Crippen molar-refractivity contribution in [2.24, 2.45) is 0 Å². The SMILES string of the molecule is COc1ncnc(OC)c1CN[C@H](C)c1cccc(C)c1. The number of rotatable bonds is 6. The summed E-state index contributed by atoms with van der Waals surface area (Å²) in [7, 11) is 3.19. The molecule has 0 unspecified atom stereocenters. The number of nitrogens with one attached hydrogen (secondary N) is 1. The molecule has 5 nitrogen and oxygen atoms in total. The first-order chi connectivity index (χ1) is 10.2. The zero-order chi connectivity index (χ0) is 15.2. The fourth-order valence-corrected chi connectivity index (χ4v) is 2.20. The minimum Gasteiger partial charge on any atom is -0.481 e. The molecule has 0 bridgehead atoms. The summed E-state index contributed by atoms with van der Waals surface area (Å²) in [5.41, 5.74) is 3.31. The first-order valence-electron chi connectivity index (χ1n) is 6.87. The van der Waals surface area contributed by atoms with Gasteiger partial charge in [-0.15, -0.1) is 0 Å². The Bertz CT molecular complexity index is 580. The normalized spacial score (nSPS) is 12.0. The van der Waals surface area contributed by atoms with Crippen molar-refractivity contribution in [1.82, 2.24) is 15.3 Å². The van der Waals surface area contributed by atoms with Crippen molar-refractivity contribution in [3.63, 3.8) is 0 Å². The van der Waals surface area contributed by atoms with E-state index in [1.165, 1.54) is 17.5 Å². The Kier molecular flexibility index (Phi) is 5.11. The highest BCUT2D eigenvalue weighted by Crippen LogP contribution is 2.24. The van der Waals surface area contributed by atoms with E-state index in [1.807, 2.05) is 0 Å². The van der Waals surface area contributed by atoms with Crippen LogP contribution in [-0.2, 0) is 6.54 Å². The van der Waals surface area contributed by atoms with Gasteiger partial charge in [-0.05, 0) is 19.4 Å². The maximum absolute atomic E-state index is 5.27. The highest BCUT2D eigenvalue weighted by Gasteiger charge is 2.14. The van der Waals surface area contributed by atoms with Crippen LogP contribution in [0.25, 0.3) is 0 Å². The van der Waals surface area contributed by atoms with E-state index in [4.69, 9.17) is 9.47 Å². The molecule has 1 N–H and O–H groups in total. The summed E-state index contributed by atoms with van der Waals surface area (Å²) in [6, 6.07) is 8.65. The first-order valence-corrected chi connectivity index (χ1v) is 6.87. The van der Waals surface area contributed by atoms with Gasteiger partial charge in [0.2, 0.25) is 11.8 Å². The van der Waals surface area contributed by atoms with E-state index in [9.17, 15) is 0 Å². The van der Waals surface area contributed by atoms with Crippen LogP contribution in [-0.4, -0.2) is 24.2 Å². The Hall–Kier alpha value is -2.14. The molecule has 0 aliphatic rings. The molecule has 21 heavy (non-hydrogen) atoms. The van der Waals surface area contributed by atoms with E-state index < -0.39 is 0 Å². The molecule has 0 saturated heterocycles. The molecule has 0 fully saturated rings. The number of ether oxygens (including phenoxy) is 2. The van der Waals surface area contributed by atoms with Gasteiger partial charge >= 0.3 is 0 Å². The lowest BCUT2D eigenvalue weighted by atomic mass is 10.1. The fourth-order valence-electron chi connectivity index (χ4n) is 2.20. The van der Waals surface area contributed by atoms with Crippen molar-refractivity contribution in [3.8, 4) is 11.8 Å². The van der Waals surface area contributed by atoms with Gasteiger partial charge in [0, 0.05) is 12.6 Å². The van der Waals surface area contributed by atoms with Crippen molar-refractivity contribution < 1.29 is 9.47 Å². The van der Waals surface area contributed by atoms with Gasteiger partial charge in [0.05, 0.1) is 19.8 Å². The fraction of sp³-hybridized carbons (Fsp3) is 0.375. The van der Waals surface area contributed by atoms with Crippen molar-refractivity contribution >= 4 is 0 Å². The van der Waals surface area contributed by atoms with E-state index in [0.29, 0.717) is 18.3 Å². The molecule has 5 heteroatoms. The molecule has 2 rings (SSSR count). The van der Waals surface area contributed by atoms with Gasteiger partial charge < -0.3 is 14.8 Å². The summed E-state index contributed by atoms with van der Waals surface area (Å²) in [5, 5.41) is 3.45. The Labute approximate surface area is 125 Å². The standard InChI is InChI=1S/C16H21N3O2/c1-11-6-5-7-13(8-11)12(2)17-9-14-15(20-3)18-10-19-16(14)21-4/h5-8,10,12,17H,9H2,1-4H3/t12-/m1/s1. The van der Waals surface area contributed by atoms with Crippen molar-refractivity contribution in [2.45, 2.75) is 26.4 Å². The highest BCUT2D eigenvalue weighted by molar-refractivity contribution is 5.34. The first kappa shape index (κ1) is 15.3. The highest BCUT2D eigenvalue weighted by atomic mass is 16.5. The van der Waals surface area contributed by atoms with Gasteiger partial charge in [-0.1, -0.05) is 29.8 Å². The van der Waals surface area contributed by atoms with E-state index in [1.54, 1.807) is 14.2 Å². The van der Waals surface area contributed by atoms with Gasteiger partial charge in [-0.25, -0.2) is 9.97 Å². The Morgan fingerprint density at radius 2 is 1.81 bits per heavy atom. The lowest BCUT2D eigenvalue weighted by Crippen LogP contribution is -2.19.